The quantitative estimate of drug-likeness (QED) is 0.898. The Hall–Kier alpha value is -1.84. The van der Waals surface area contributed by atoms with Gasteiger partial charge in [0, 0.05) is 6.04 Å². The molecule has 1 N–H and O–H groups in total. The van der Waals surface area contributed by atoms with Crippen molar-refractivity contribution in [3.63, 3.8) is 0 Å². The number of nitrogens with zero attached hydrogens (tertiary/aromatic N) is 2. The first-order chi connectivity index (χ1) is 9.08. The molecule has 0 bridgehead atoms. The van der Waals surface area contributed by atoms with Gasteiger partial charge in [0.25, 0.3) is 0 Å². The molecule has 3 unspecified atom stereocenters. The van der Waals surface area contributed by atoms with Crippen LogP contribution in [-0.4, -0.2) is 20.6 Å². The minimum Gasteiger partial charge on any atom is -0.478 e. The van der Waals surface area contributed by atoms with Crippen molar-refractivity contribution in [1.29, 1.82) is 0 Å². The summed E-state index contributed by atoms with van der Waals surface area (Å²) in [5, 5.41) is 9.00. The zero-order valence-corrected chi connectivity index (χ0v) is 11.2. The predicted molar refractivity (Wildman–Crippen MR) is 73.3 cm³/mol. The number of aromatic nitrogens is 2. The van der Waals surface area contributed by atoms with Gasteiger partial charge in [-0.05, 0) is 42.9 Å². The summed E-state index contributed by atoms with van der Waals surface area (Å²) >= 11 is 0. The van der Waals surface area contributed by atoms with Gasteiger partial charge in [-0.2, -0.15) is 0 Å². The molecular formula is C15H18N2O2. The first-order valence-corrected chi connectivity index (χ1v) is 6.78. The van der Waals surface area contributed by atoms with Crippen LogP contribution in [0.4, 0.5) is 0 Å². The SMILES string of the molecule is CC1CCC(n2cnc3cc(C(=O)O)ccc32)C1C. The van der Waals surface area contributed by atoms with E-state index in [0.717, 1.165) is 17.0 Å². The molecule has 1 aromatic carbocycles. The Morgan fingerprint density at radius 1 is 1.37 bits per heavy atom. The van der Waals surface area contributed by atoms with Crippen LogP contribution < -0.4 is 0 Å². The number of fused-ring (bicyclic) bond motifs is 1. The number of carboxylic acid groups (broad SMARTS) is 1. The van der Waals surface area contributed by atoms with E-state index in [1.807, 2.05) is 12.4 Å². The maximum absolute atomic E-state index is 11.0. The monoisotopic (exact) mass is 258 g/mol. The molecule has 100 valence electrons. The van der Waals surface area contributed by atoms with E-state index in [9.17, 15) is 4.79 Å². The van der Waals surface area contributed by atoms with E-state index in [1.165, 1.54) is 12.8 Å². The molecule has 3 rings (SSSR count). The third-order valence-electron chi connectivity index (χ3n) is 4.60. The number of aromatic carboxylic acids is 1. The zero-order valence-electron chi connectivity index (χ0n) is 11.2. The summed E-state index contributed by atoms with van der Waals surface area (Å²) in [5.41, 5.74) is 2.10. The van der Waals surface area contributed by atoms with Gasteiger partial charge in [0.2, 0.25) is 0 Å². The summed E-state index contributed by atoms with van der Waals surface area (Å²) in [7, 11) is 0. The number of imidazole rings is 1. The van der Waals surface area contributed by atoms with Crippen molar-refractivity contribution >= 4 is 17.0 Å². The second-order valence-corrected chi connectivity index (χ2v) is 5.64. The van der Waals surface area contributed by atoms with Crippen molar-refractivity contribution < 1.29 is 9.90 Å². The lowest BCUT2D eigenvalue weighted by molar-refractivity contribution is 0.0697. The minimum absolute atomic E-state index is 0.297. The van der Waals surface area contributed by atoms with Gasteiger partial charge < -0.3 is 9.67 Å². The number of hydrogen-bond acceptors (Lipinski definition) is 2. The molecule has 1 heterocycles. The smallest absolute Gasteiger partial charge is 0.335 e. The molecular weight excluding hydrogens is 240 g/mol. The number of carboxylic acids is 1. The van der Waals surface area contributed by atoms with E-state index in [0.29, 0.717) is 17.5 Å². The summed E-state index contributed by atoms with van der Waals surface area (Å²) in [6.07, 6.45) is 4.28. The largest absolute Gasteiger partial charge is 0.478 e. The van der Waals surface area contributed by atoms with Gasteiger partial charge in [0.05, 0.1) is 22.9 Å². The number of carbonyl (C=O) groups is 1. The van der Waals surface area contributed by atoms with Gasteiger partial charge in [-0.25, -0.2) is 9.78 Å². The Kier molecular flexibility index (Phi) is 2.81. The number of rotatable bonds is 2. The van der Waals surface area contributed by atoms with Crippen molar-refractivity contribution in [2.24, 2.45) is 11.8 Å². The van der Waals surface area contributed by atoms with E-state index in [1.54, 1.807) is 12.1 Å². The van der Waals surface area contributed by atoms with Crippen LogP contribution in [0.25, 0.3) is 11.0 Å². The fraction of sp³-hybridized carbons (Fsp3) is 0.467. The van der Waals surface area contributed by atoms with Crippen molar-refractivity contribution in [3.05, 3.63) is 30.1 Å². The maximum atomic E-state index is 11.0. The first-order valence-electron chi connectivity index (χ1n) is 6.78. The summed E-state index contributed by atoms with van der Waals surface area (Å²) < 4.78 is 2.22. The highest BCUT2D eigenvalue weighted by Crippen LogP contribution is 2.41. The molecule has 1 fully saturated rings. The number of hydrogen-bond donors (Lipinski definition) is 1. The molecule has 0 saturated heterocycles. The van der Waals surface area contributed by atoms with Gasteiger partial charge in [0.15, 0.2) is 0 Å². The van der Waals surface area contributed by atoms with Crippen molar-refractivity contribution in [1.82, 2.24) is 9.55 Å². The van der Waals surface area contributed by atoms with Gasteiger partial charge in [-0.3, -0.25) is 0 Å². The average Bonchev–Trinajstić information content (AvgIpc) is 2.94. The maximum Gasteiger partial charge on any atom is 0.335 e. The molecule has 1 aliphatic rings. The van der Waals surface area contributed by atoms with Crippen LogP contribution in [0.5, 0.6) is 0 Å². The molecule has 4 heteroatoms. The molecule has 2 aromatic rings. The molecule has 0 aliphatic heterocycles. The van der Waals surface area contributed by atoms with E-state index < -0.39 is 5.97 Å². The lowest BCUT2D eigenvalue weighted by atomic mass is 9.97. The highest BCUT2D eigenvalue weighted by atomic mass is 16.4. The van der Waals surface area contributed by atoms with Gasteiger partial charge in [0.1, 0.15) is 0 Å². The van der Waals surface area contributed by atoms with Crippen LogP contribution in [0.1, 0.15) is 43.1 Å². The fourth-order valence-electron chi connectivity index (χ4n) is 3.16. The van der Waals surface area contributed by atoms with Crippen molar-refractivity contribution in [2.45, 2.75) is 32.7 Å². The van der Waals surface area contributed by atoms with Crippen LogP contribution in [-0.2, 0) is 0 Å². The predicted octanol–water partition coefficient (Wildman–Crippen LogP) is 3.34. The first kappa shape index (κ1) is 12.2. The molecule has 0 amide bonds. The lowest BCUT2D eigenvalue weighted by Gasteiger charge is -2.20. The van der Waals surface area contributed by atoms with Gasteiger partial charge in [-0.15, -0.1) is 0 Å². The lowest BCUT2D eigenvalue weighted by Crippen LogP contribution is -2.13. The van der Waals surface area contributed by atoms with Crippen LogP contribution in [0.3, 0.4) is 0 Å². The Morgan fingerprint density at radius 3 is 2.79 bits per heavy atom. The summed E-state index contributed by atoms with van der Waals surface area (Å²) in [6.45, 7) is 4.59. The fourth-order valence-corrected chi connectivity index (χ4v) is 3.16. The van der Waals surface area contributed by atoms with E-state index in [4.69, 9.17) is 5.11 Å². The van der Waals surface area contributed by atoms with E-state index >= 15 is 0 Å². The molecule has 4 nitrogen and oxygen atoms in total. The number of benzene rings is 1. The zero-order chi connectivity index (χ0) is 13.6. The minimum atomic E-state index is -0.903. The summed E-state index contributed by atoms with van der Waals surface area (Å²) in [6, 6.07) is 5.67. The Balaban J connectivity index is 2.04. The molecule has 0 spiro atoms. The average molecular weight is 258 g/mol. The second-order valence-electron chi connectivity index (χ2n) is 5.64. The Labute approximate surface area is 112 Å². The normalized spacial score (nSPS) is 26.9. The molecule has 0 radical (unpaired) electrons. The van der Waals surface area contributed by atoms with Crippen molar-refractivity contribution in [3.8, 4) is 0 Å². The van der Waals surface area contributed by atoms with Crippen LogP contribution in [0.15, 0.2) is 24.5 Å². The highest BCUT2D eigenvalue weighted by molar-refractivity contribution is 5.92. The molecule has 19 heavy (non-hydrogen) atoms. The van der Waals surface area contributed by atoms with Gasteiger partial charge >= 0.3 is 5.97 Å². The standard InChI is InChI=1S/C15H18N2O2/c1-9-3-5-13(10(9)2)17-8-16-12-7-11(15(18)19)4-6-14(12)17/h4,6-10,13H,3,5H2,1-2H3,(H,18,19). The third-order valence-corrected chi connectivity index (χ3v) is 4.60. The second kappa shape index (κ2) is 4.37. The molecule has 1 saturated carbocycles. The van der Waals surface area contributed by atoms with E-state index in [-0.39, 0.29) is 0 Å². The molecule has 1 aromatic heterocycles. The van der Waals surface area contributed by atoms with Gasteiger partial charge in [-0.1, -0.05) is 13.8 Å². The molecule has 1 aliphatic carbocycles. The third kappa shape index (κ3) is 1.91. The molecule has 3 atom stereocenters. The van der Waals surface area contributed by atoms with Crippen LogP contribution in [0.2, 0.25) is 0 Å². The summed E-state index contributed by atoms with van der Waals surface area (Å²) in [5.74, 6) is 0.469. The topological polar surface area (TPSA) is 55.1 Å². The summed E-state index contributed by atoms with van der Waals surface area (Å²) in [4.78, 5) is 15.3. The van der Waals surface area contributed by atoms with Crippen LogP contribution in [0, 0.1) is 11.8 Å². The van der Waals surface area contributed by atoms with Crippen LogP contribution >= 0.6 is 0 Å². The highest BCUT2D eigenvalue weighted by Gasteiger charge is 2.31. The van der Waals surface area contributed by atoms with E-state index in [2.05, 4.69) is 23.4 Å². The van der Waals surface area contributed by atoms with Crippen molar-refractivity contribution in [2.75, 3.05) is 0 Å². The Bertz CT molecular complexity index is 632. The Morgan fingerprint density at radius 2 is 2.16 bits per heavy atom.